The summed E-state index contributed by atoms with van der Waals surface area (Å²) < 4.78 is 5.55. The SMILES string of the molecule is O=[N+]([O-])c1cccc2nc(COc3ccc(Cl)cc3)[nH]c12. The van der Waals surface area contributed by atoms with Crippen LogP contribution in [0.1, 0.15) is 5.82 Å². The van der Waals surface area contributed by atoms with E-state index in [9.17, 15) is 10.1 Å². The van der Waals surface area contributed by atoms with Gasteiger partial charge in [-0.3, -0.25) is 10.1 Å². The molecule has 0 atom stereocenters. The van der Waals surface area contributed by atoms with Gasteiger partial charge in [0.1, 0.15) is 23.7 Å². The highest BCUT2D eigenvalue weighted by molar-refractivity contribution is 6.30. The standard InChI is InChI=1S/C14H10ClN3O3/c15-9-4-6-10(7-5-9)21-8-13-16-11-2-1-3-12(18(19)20)14(11)17-13/h1-7H,8H2,(H,16,17). The zero-order valence-electron chi connectivity index (χ0n) is 10.7. The second-order valence-electron chi connectivity index (χ2n) is 4.35. The van der Waals surface area contributed by atoms with Crippen molar-refractivity contribution in [1.82, 2.24) is 9.97 Å². The van der Waals surface area contributed by atoms with E-state index in [2.05, 4.69) is 9.97 Å². The first-order chi connectivity index (χ1) is 10.1. The van der Waals surface area contributed by atoms with Gasteiger partial charge in [-0.1, -0.05) is 17.7 Å². The second kappa shape index (κ2) is 5.41. The quantitative estimate of drug-likeness (QED) is 0.588. The average molecular weight is 304 g/mol. The molecule has 0 aliphatic rings. The summed E-state index contributed by atoms with van der Waals surface area (Å²) in [4.78, 5) is 17.7. The van der Waals surface area contributed by atoms with E-state index in [-0.39, 0.29) is 12.3 Å². The summed E-state index contributed by atoms with van der Waals surface area (Å²) in [5.41, 5.74) is 0.939. The van der Waals surface area contributed by atoms with Crippen LogP contribution in [0.4, 0.5) is 5.69 Å². The molecule has 0 saturated heterocycles. The molecule has 1 aromatic heterocycles. The van der Waals surface area contributed by atoms with E-state index in [0.717, 1.165) is 0 Å². The molecule has 0 radical (unpaired) electrons. The Kier molecular flexibility index (Phi) is 3.45. The predicted molar refractivity (Wildman–Crippen MR) is 78.5 cm³/mol. The van der Waals surface area contributed by atoms with Crippen LogP contribution in [-0.4, -0.2) is 14.9 Å². The summed E-state index contributed by atoms with van der Waals surface area (Å²) >= 11 is 5.79. The number of nitrogens with one attached hydrogen (secondary N) is 1. The predicted octanol–water partition coefficient (Wildman–Crippen LogP) is 3.70. The lowest BCUT2D eigenvalue weighted by molar-refractivity contribution is -0.383. The van der Waals surface area contributed by atoms with Crippen molar-refractivity contribution < 1.29 is 9.66 Å². The smallest absolute Gasteiger partial charge is 0.294 e. The highest BCUT2D eigenvalue weighted by Gasteiger charge is 2.15. The summed E-state index contributed by atoms with van der Waals surface area (Å²) in [6.07, 6.45) is 0. The van der Waals surface area contributed by atoms with E-state index in [4.69, 9.17) is 16.3 Å². The van der Waals surface area contributed by atoms with Crippen molar-refractivity contribution in [1.29, 1.82) is 0 Å². The Morgan fingerprint density at radius 3 is 2.71 bits per heavy atom. The zero-order chi connectivity index (χ0) is 14.8. The van der Waals surface area contributed by atoms with Gasteiger partial charge < -0.3 is 9.72 Å². The Morgan fingerprint density at radius 2 is 2.00 bits per heavy atom. The molecule has 0 spiro atoms. The van der Waals surface area contributed by atoms with Crippen molar-refractivity contribution in [3.05, 3.63) is 63.4 Å². The third-order valence-corrected chi connectivity index (χ3v) is 3.18. The van der Waals surface area contributed by atoms with E-state index in [1.54, 1.807) is 36.4 Å². The van der Waals surface area contributed by atoms with Crippen molar-refractivity contribution in [2.75, 3.05) is 0 Å². The molecular weight excluding hydrogens is 294 g/mol. The molecule has 3 aromatic rings. The third kappa shape index (κ3) is 2.80. The molecule has 21 heavy (non-hydrogen) atoms. The Bertz CT molecular complexity index is 799. The van der Waals surface area contributed by atoms with Crippen LogP contribution < -0.4 is 4.74 Å². The number of nitro groups is 1. The van der Waals surface area contributed by atoms with E-state index in [1.165, 1.54) is 6.07 Å². The molecule has 0 saturated carbocycles. The molecule has 106 valence electrons. The molecule has 0 aliphatic carbocycles. The van der Waals surface area contributed by atoms with Crippen molar-refractivity contribution >= 4 is 28.3 Å². The van der Waals surface area contributed by atoms with Crippen LogP contribution >= 0.6 is 11.6 Å². The van der Waals surface area contributed by atoms with Crippen molar-refractivity contribution in [3.8, 4) is 5.75 Å². The number of benzene rings is 2. The summed E-state index contributed by atoms with van der Waals surface area (Å²) in [5.74, 6) is 1.17. The first-order valence-corrected chi connectivity index (χ1v) is 6.51. The molecule has 1 heterocycles. The maximum Gasteiger partial charge on any atom is 0.294 e. The van der Waals surface area contributed by atoms with Crippen LogP contribution in [0.3, 0.4) is 0 Å². The molecule has 0 bridgehead atoms. The fourth-order valence-corrected chi connectivity index (χ4v) is 2.10. The Labute approximate surface area is 124 Å². The maximum atomic E-state index is 10.9. The number of H-pyrrole nitrogens is 1. The first-order valence-electron chi connectivity index (χ1n) is 6.14. The molecule has 0 amide bonds. The number of aromatic amines is 1. The average Bonchev–Trinajstić information content (AvgIpc) is 2.89. The van der Waals surface area contributed by atoms with Crippen LogP contribution in [0.2, 0.25) is 5.02 Å². The molecule has 2 aromatic carbocycles. The zero-order valence-corrected chi connectivity index (χ0v) is 11.5. The minimum absolute atomic E-state index is 0.00209. The molecule has 1 N–H and O–H groups in total. The van der Waals surface area contributed by atoms with Crippen LogP contribution in [0.25, 0.3) is 11.0 Å². The number of nitro benzene ring substituents is 1. The summed E-state index contributed by atoms with van der Waals surface area (Å²) in [7, 11) is 0. The van der Waals surface area contributed by atoms with Gasteiger partial charge in [-0.15, -0.1) is 0 Å². The second-order valence-corrected chi connectivity index (χ2v) is 4.79. The van der Waals surface area contributed by atoms with Crippen molar-refractivity contribution in [2.24, 2.45) is 0 Å². The van der Waals surface area contributed by atoms with Gasteiger partial charge in [0.25, 0.3) is 5.69 Å². The summed E-state index contributed by atoms with van der Waals surface area (Å²) in [6, 6.07) is 11.7. The molecule has 0 aliphatic heterocycles. The van der Waals surface area contributed by atoms with Crippen LogP contribution in [0.15, 0.2) is 42.5 Å². The van der Waals surface area contributed by atoms with Gasteiger partial charge in [0.2, 0.25) is 0 Å². The summed E-state index contributed by atoms with van der Waals surface area (Å²) in [5, 5.41) is 11.6. The number of rotatable bonds is 4. The molecule has 0 fully saturated rings. The monoisotopic (exact) mass is 303 g/mol. The number of fused-ring (bicyclic) bond motifs is 1. The van der Waals surface area contributed by atoms with E-state index >= 15 is 0 Å². The van der Waals surface area contributed by atoms with E-state index in [0.29, 0.717) is 27.6 Å². The van der Waals surface area contributed by atoms with Gasteiger partial charge >= 0.3 is 0 Å². The van der Waals surface area contributed by atoms with Gasteiger partial charge in [0.15, 0.2) is 0 Å². The Morgan fingerprint density at radius 1 is 1.24 bits per heavy atom. The highest BCUT2D eigenvalue weighted by atomic mass is 35.5. The van der Waals surface area contributed by atoms with Crippen LogP contribution in [0, 0.1) is 10.1 Å². The normalized spacial score (nSPS) is 10.7. The van der Waals surface area contributed by atoms with Crippen molar-refractivity contribution in [3.63, 3.8) is 0 Å². The number of hydrogen-bond acceptors (Lipinski definition) is 4. The molecule has 7 heteroatoms. The largest absolute Gasteiger partial charge is 0.486 e. The topological polar surface area (TPSA) is 81.1 Å². The first kappa shape index (κ1) is 13.4. The van der Waals surface area contributed by atoms with Gasteiger partial charge in [0.05, 0.1) is 10.4 Å². The number of halogens is 1. The number of nitrogens with zero attached hydrogens (tertiary/aromatic N) is 2. The highest BCUT2D eigenvalue weighted by Crippen LogP contribution is 2.23. The van der Waals surface area contributed by atoms with Gasteiger partial charge in [-0.2, -0.15) is 0 Å². The fraction of sp³-hybridized carbons (Fsp3) is 0.0714. The van der Waals surface area contributed by atoms with Crippen LogP contribution in [-0.2, 0) is 6.61 Å². The lowest BCUT2D eigenvalue weighted by Gasteiger charge is -2.03. The summed E-state index contributed by atoms with van der Waals surface area (Å²) in [6.45, 7) is 0.188. The van der Waals surface area contributed by atoms with Gasteiger partial charge in [-0.05, 0) is 30.3 Å². The Hall–Kier alpha value is -2.60. The molecular formula is C14H10ClN3O3. The minimum Gasteiger partial charge on any atom is -0.486 e. The van der Waals surface area contributed by atoms with E-state index < -0.39 is 4.92 Å². The minimum atomic E-state index is -0.440. The fourth-order valence-electron chi connectivity index (χ4n) is 1.97. The number of non-ortho nitro benzene ring substituents is 1. The third-order valence-electron chi connectivity index (χ3n) is 2.93. The number of imidazole rings is 1. The molecule has 0 unspecified atom stereocenters. The maximum absolute atomic E-state index is 10.9. The number of para-hydroxylation sites is 1. The Balaban J connectivity index is 1.83. The molecule has 3 rings (SSSR count). The molecule has 6 nitrogen and oxygen atoms in total. The number of aromatic nitrogens is 2. The van der Waals surface area contributed by atoms with Crippen molar-refractivity contribution in [2.45, 2.75) is 6.61 Å². The lowest BCUT2D eigenvalue weighted by Crippen LogP contribution is -1.97. The van der Waals surface area contributed by atoms with Crippen LogP contribution in [0.5, 0.6) is 5.75 Å². The number of hydrogen-bond donors (Lipinski definition) is 1. The van der Waals surface area contributed by atoms with E-state index in [1.807, 2.05) is 0 Å². The van der Waals surface area contributed by atoms with Gasteiger partial charge in [-0.25, -0.2) is 4.98 Å². The number of ether oxygens (including phenoxy) is 1. The van der Waals surface area contributed by atoms with Gasteiger partial charge in [0, 0.05) is 11.1 Å². The lowest BCUT2D eigenvalue weighted by atomic mass is 10.3.